The molecule has 0 spiro atoms. The third kappa shape index (κ3) is 5.73. The molecule has 1 aliphatic carbocycles. The van der Waals surface area contributed by atoms with Gasteiger partial charge in [-0.1, -0.05) is 23.7 Å². The van der Waals surface area contributed by atoms with Crippen LogP contribution in [0.2, 0.25) is 5.02 Å². The van der Waals surface area contributed by atoms with Crippen molar-refractivity contribution in [3.63, 3.8) is 0 Å². The number of hydrogen-bond acceptors (Lipinski definition) is 5. The number of H-pyrrole nitrogens is 1. The van der Waals surface area contributed by atoms with E-state index in [1.54, 1.807) is 6.20 Å². The third-order valence-corrected chi connectivity index (χ3v) is 7.67. The Balaban J connectivity index is 1.28. The molecule has 1 amide bonds. The molecule has 2 fully saturated rings. The molecule has 1 saturated carbocycles. The number of likely N-dealkylation sites (tertiary alicyclic amines) is 1. The Morgan fingerprint density at radius 2 is 1.86 bits per heavy atom. The van der Waals surface area contributed by atoms with Crippen LogP contribution in [0.25, 0.3) is 0 Å². The number of carbonyl (C=O) groups is 1. The first-order chi connectivity index (χ1) is 16.9. The fraction of sp³-hybridized carbons (Fsp3) is 0.481. The summed E-state index contributed by atoms with van der Waals surface area (Å²) in [5, 5.41) is 8.17. The van der Waals surface area contributed by atoms with Gasteiger partial charge in [-0.25, -0.2) is 9.97 Å². The first-order valence-electron chi connectivity index (χ1n) is 12.5. The van der Waals surface area contributed by atoms with Crippen LogP contribution < -0.4 is 5.73 Å². The summed E-state index contributed by atoms with van der Waals surface area (Å²) in [7, 11) is 0. The molecule has 2 aliphatic rings. The summed E-state index contributed by atoms with van der Waals surface area (Å²) in [6.07, 6.45) is 7.57. The molecule has 3 aromatic rings. The minimum atomic E-state index is -0.250. The van der Waals surface area contributed by atoms with Crippen molar-refractivity contribution >= 4 is 17.5 Å². The monoisotopic (exact) mass is 492 g/mol. The number of amides is 1. The second kappa shape index (κ2) is 10.1. The van der Waals surface area contributed by atoms with Crippen LogP contribution in [0.5, 0.6) is 0 Å². The normalized spacial score (nSPS) is 17.1. The molecule has 3 N–H and O–H groups in total. The van der Waals surface area contributed by atoms with E-state index in [9.17, 15) is 4.79 Å². The molecule has 3 heterocycles. The van der Waals surface area contributed by atoms with Gasteiger partial charge in [-0.15, -0.1) is 0 Å². The van der Waals surface area contributed by atoms with E-state index < -0.39 is 0 Å². The largest absolute Gasteiger partial charge is 0.369 e. The number of primary amides is 1. The number of halogens is 1. The van der Waals surface area contributed by atoms with Crippen LogP contribution in [-0.2, 0) is 17.6 Å². The maximum atomic E-state index is 11.2. The molecule has 1 aliphatic heterocycles. The molecular formula is C27H33ClN6O. The van der Waals surface area contributed by atoms with Gasteiger partial charge >= 0.3 is 0 Å². The van der Waals surface area contributed by atoms with Gasteiger partial charge in [0.15, 0.2) is 0 Å². The number of piperidine rings is 1. The standard InChI is InChI=1S/C27H33ClN6O/c1-16-10-22(18-5-7-34(8-6-18)15-26(29)35)17(2)9-20(16)11-27-30-14-23(28)25(31-27)13-21-12-24(33-32-21)19-3-4-19/h9-10,12,14,18-19H,3-8,11,13,15H2,1-2H3,(H2,29,35)(H,32,33). The molecule has 0 radical (unpaired) electrons. The van der Waals surface area contributed by atoms with Crippen molar-refractivity contribution in [2.45, 2.75) is 64.2 Å². The molecule has 0 bridgehead atoms. The summed E-state index contributed by atoms with van der Waals surface area (Å²) in [6.45, 7) is 6.54. The Bertz CT molecular complexity index is 1230. The molecule has 0 atom stereocenters. The Morgan fingerprint density at radius 1 is 1.09 bits per heavy atom. The second-order valence-corrected chi connectivity index (χ2v) is 10.6. The van der Waals surface area contributed by atoms with Gasteiger partial charge in [0.1, 0.15) is 5.82 Å². The highest BCUT2D eigenvalue weighted by atomic mass is 35.5. The Kier molecular flexibility index (Phi) is 6.89. The highest BCUT2D eigenvalue weighted by Crippen LogP contribution is 2.39. The van der Waals surface area contributed by atoms with Crippen LogP contribution >= 0.6 is 11.6 Å². The molecule has 5 rings (SSSR count). The number of aromatic nitrogens is 4. The van der Waals surface area contributed by atoms with Crippen LogP contribution in [0.15, 0.2) is 24.4 Å². The molecule has 35 heavy (non-hydrogen) atoms. The van der Waals surface area contributed by atoms with Crippen molar-refractivity contribution in [2.24, 2.45) is 5.73 Å². The van der Waals surface area contributed by atoms with Gasteiger partial charge in [0, 0.05) is 30.7 Å². The van der Waals surface area contributed by atoms with E-state index in [0.29, 0.717) is 36.2 Å². The Labute approximate surface area is 211 Å². The smallest absolute Gasteiger partial charge is 0.231 e. The minimum absolute atomic E-state index is 0.250. The average Bonchev–Trinajstić information content (AvgIpc) is 3.57. The quantitative estimate of drug-likeness (QED) is 0.491. The number of hydrogen-bond donors (Lipinski definition) is 2. The summed E-state index contributed by atoms with van der Waals surface area (Å²) >= 11 is 6.44. The summed E-state index contributed by atoms with van der Waals surface area (Å²) in [5.41, 5.74) is 13.6. The summed E-state index contributed by atoms with van der Waals surface area (Å²) in [6, 6.07) is 6.76. The van der Waals surface area contributed by atoms with Crippen LogP contribution in [0.4, 0.5) is 0 Å². The van der Waals surface area contributed by atoms with Gasteiger partial charge in [-0.3, -0.25) is 14.8 Å². The highest BCUT2D eigenvalue weighted by Gasteiger charge is 2.26. The lowest BCUT2D eigenvalue weighted by atomic mass is 9.84. The maximum Gasteiger partial charge on any atom is 0.231 e. The molecule has 0 unspecified atom stereocenters. The summed E-state index contributed by atoms with van der Waals surface area (Å²) < 4.78 is 0. The predicted molar refractivity (Wildman–Crippen MR) is 137 cm³/mol. The number of nitrogens with two attached hydrogens (primary N) is 1. The lowest BCUT2D eigenvalue weighted by Gasteiger charge is -2.32. The molecular weight excluding hydrogens is 460 g/mol. The lowest BCUT2D eigenvalue weighted by Crippen LogP contribution is -2.39. The van der Waals surface area contributed by atoms with E-state index in [1.165, 1.54) is 35.1 Å². The fourth-order valence-corrected chi connectivity index (χ4v) is 5.37. The van der Waals surface area contributed by atoms with Gasteiger partial charge in [0.2, 0.25) is 5.91 Å². The predicted octanol–water partition coefficient (Wildman–Crippen LogP) is 4.19. The lowest BCUT2D eigenvalue weighted by molar-refractivity contribution is -0.119. The number of carbonyl (C=O) groups excluding carboxylic acids is 1. The summed E-state index contributed by atoms with van der Waals surface area (Å²) in [5.74, 6) is 1.66. The van der Waals surface area contributed by atoms with Gasteiger partial charge in [-0.2, -0.15) is 5.10 Å². The highest BCUT2D eigenvalue weighted by molar-refractivity contribution is 6.31. The van der Waals surface area contributed by atoms with E-state index in [4.69, 9.17) is 22.3 Å². The first-order valence-corrected chi connectivity index (χ1v) is 12.9. The van der Waals surface area contributed by atoms with Crippen LogP contribution in [-0.4, -0.2) is 50.6 Å². The van der Waals surface area contributed by atoms with Crippen molar-refractivity contribution in [1.82, 2.24) is 25.1 Å². The topological polar surface area (TPSA) is 101 Å². The van der Waals surface area contributed by atoms with Crippen molar-refractivity contribution in [3.05, 3.63) is 74.6 Å². The first kappa shape index (κ1) is 23.9. The van der Waals surface area contributed by atoms with Crippen molar-refractivity contribution in [1.29, 1.82) is 0 Å². The number of aryl methyl sites for hydroxylation is 2. The minimum Gasteiger partial charge on any atom is -0.369 e. The van der Waals surface area contributed by atoms with Crippen LogP contribution in [0, 0.1) is 13.8 Å². The number of rotatable bonds is 8. The molecule has 7 nitrogen and oxygen atoms in total. The van der Waals surface area contributed by atoms with E-state index >= 15 is 0 Å². The van der Waals surface area contributed by atoms with Gasteiger partial charge < -0.3 is 5.73 Å². The van der Waals surface area contributed by atoms with Crippen LogP contribution in [0.1, 0.15) is 82.7 Å². The zero-order chi connectivity index (χ0) is 24.5. The molecule has 1 aromatic carbocycles. The van der Waals surface area contributed by atoms with Gasteiger partial charge in [0.05, 0.1) is 23.0 Å². The SMILES string of the molecule is Cc1cc(C2CCN(CC(N)=O)CC2)c(C)cc1Cc1ncc(Cl)c(Cc2cc(C3CC3)n[nH]2)n1. The molecule has 1 saturated heterocycles. The molecule has 2 aromatic heterocycles. The number of nitrogens with zero attached hydrogens (tertiary/aromatic N) is 4. The van der Waals surface area contributed by atoms with Crippen molar-refractivity contribution in [3.8, 4) is 0 Å². The van der Waals surface area contributed by atoms with E-state index in [-0.39, 0.29) is 5.91 Å². The summed E-state index contributed by atoms with van der Waals surface area (Å²) in [4.78, 5) is 22.7. The van der Waals surface area contributed by atoms with E-state index in [2.05, 4.69) is 52.1 Å². The molecule has 8 heteroatoms. The zero-order valence-electron chi connectivity index (χ0n) is 20.5. The second-order valence-electron chi connectivity index (χ2n) is 10.2. The molecule has 184 valence electrons. The number of benzene rings is 1. The zero-order valence-corrected chi connectivity index (χ0v) is 21.2. The van der Waals surface area contributed by atoms with Crippen molar-refractivity contribution in [2.75, 3.05) is 19.6 Å². The van der Waals surface area contributed by atoms with Gasteiger partial charge in [-0.05, 0) is 86.9 Å². The number of aromatic amines is 1. The van der Waals surface area contributed by atoms with E-state index in [1.807, 2.05) is 0 Å². The Hall–Kier alpha value is -2.77. The fourth-order valence-electron chi connectivity index (χ4n) is 5.21. The maximum absolute atomic E-state index is 11.2. The third-order valence-electron chi connectivity index (χ3n) is 7.35. The average molecular weight is 493 g/mol. The Morgan fingerprint density at radius 3 is 2.57 bits per heavy atom. The number of nitrogens with one attached hydrogen (secondary N) is 1. The van der Waals surface area contributed by atoms with Crippen LogP contribution in [0.3, 0.4) is 0 Å². The van der Waals surface area contributed by atoms with Gasteiger partial charge in [0.25, 0.3) is 0 Å². The van der Waals surface area contributed by atoms with Crippen molar-refractivity contribution < 1.29 is 4.79 Å². The van der Waals surface area contributed by atoms with E-state index in [0.717, 1.165) is 48.8 Å².